The molecule has 3 aromatic rings. The van der Waals surface area contributed by atoms with Crippen molar-refractivity contribution in [2.45, 2.75) is 39.8 Å². The van der Waals surface area contributed by atoms with Crippen LogP contribution < -0.4 is 5.73 Å². The summed E-state index contributed by atoms with van der Waals surface area (Å²) in [5.74, 6) is -0.843. The number of nitrogens with zero attached hydrogens (tertiary/aromatic N) is 6. The van der Waals surface area contributed by atoms with E-state index in [0.29, 0.717) is 31.9 Å². The van der Waals surface area contributed by atoms with Crippen LogP contribution in [0.4, 0.5) is 13.6 Å². The Balaban J connectivity index is 1.80. The van der Waals surface area contributed by atoms with E-state index in [0.717, 1.165) is 30.0 Å². The molecule has 1 fully saturated rings. The highest BCUT2D eigenvalue weighted by Crippen LogP contribution is 2.39. The minimum Gasteiger partial charge on any atom is -0.330 e. The third-order valence-corrected chi connectivity index (χ3v) is 8.55. The lowest BCUT2D eigenvalue weighted by Gasteiger charge is -2.43. The molecule has 2 amide bonds. The second-order valence-corrected chi connectivity index (χ2v) is 13.6. The van der Waals surface area contributed by atoms with Crippen molar-refractivity contribution in [3.63, 3.8) is 0 Å². The first-order valence-corrected chi connectivity index (χ1v) is 15.8. The molecule has 2 heterocycles. The number of hydrogen-bond donors (Lipinski definition) is 1. The Morgan fingerprint density at radius 2 is 1.74 bits per heavy atom. The fourth-order valence-corrected chi connectivity index (χ4v) is 6.02. The lowest BCUT2D eigenvalue weighted by atomic mass is 9.84. The summed E-state index contributed by atoms with van der Waals surface area (Å²) in [4.78, 5) is 22.3. The van der Waals surface area contributed by atoms with Crippen molar-refractivity contribution in [2.24, 2.45) is 11.1 Å². The van der Waals surface area contributed by atoms with Gasteiger partial charge < -0.3 is 15.5 Å². The van der Waals surface area contributed by atoms with Gasteiger partial charge in [0.25, 0.3) is 0 Å². The maximum Gasteiger partial charge on any atom is 0.320 e. The third-order valence-electron chi connectivity index (χ3n) is 7.25. The highest BCUT2D eigenvalue weighted by Gasteiger charge is 2.41. The number of sulfonamides is 1. The van der Waals surface area contributed by atoms with Gasteiger partial charge in [0.15, 0.2) is 11.6 Å². The van der Waals surface area contributed by atoms with Gasteiger partial charge in [0.1, 0.15) is 11.6 Å². The molecule has 10 nitrogen and oxygen atoms in total. The quantitative estimate of drug-likeness (QED) is 0.399. The standard InChI is InChI=1S/C29H39F2N7O3S/c1-29(2,3)25(37(14-8-13-32)28(39)35-15-17-36(18-16-35)42(4,40)41)27-33-26(23-19-22(30)11-12-24(23)31)34-38(27)20-21-9-6-5-7-10-21/h5-7,9-12,19,25H,8,13-18,20,32H2,1-4H3/t25-/m0/s1. The fraction of sp³-hybridized carbons (Fsp3) is 0.483. The Labute approximate surface area is 246 Å². The number of urea groups is 1. The van der Waals surface area contributed by atoms with Crippen molar-refractivity contribution in [2.75, 3.05) is 45.5 Å². The van der Waals surface area contributed by atoms with E-state index in [1.54, 1.807) is 14.5 Å². The van der Waals surface area contributed by atoms with Crippen LogP contribution in [0.1, 0.15) is 44.6 Å². The van der Waals surface area contributed by atoms with Crippen molar-refractivity contribution in [1.29, 1.82) is 0 Å². The number of nitrogens with two attached hydrogens (primary N) is 1. The average Bonchev–Trinajstić information content (AvgIpc) is 3.33. The number of aromatic nitrogens is 3. The molecule has 1 aliphatic heterocycles. The maximum atomic E-state index is 14.9. The summed E-state index contributed by atoms with van der Waals surface area (Å²) in [6.45, 7) is 7.75. The SMILES string of the molecule is CC(C)(C)[C@H](c1nc(-c2cc(F)ccc2F)nn1Cc1ccccc1)N(CCCN)C(=O)N1CCN(S(C)(=O)=O)CC1. The number of halogens is 2. The molecule has 1 aromatic heterocycles. The van der Waals surface area contributed by atoms with Crippen molar-refractivity contribution < 1.29 is 22.0 Å². The number of amides is 2. The minimum absolute atomic E-state index is 0.0140. The first kappa shape index (κ1) is 31.5. The number of carbonyl (C=O) groups is 1. The van der Waals surface area contributed by atoms with Crippen molar-refractivity contribution in [1.82, 2.24) is 28.9 Å². The highest BCUT2D eigenvalue weighted by molar-refractivity contribution is 7.88. The molecule has 228 valence electrons. The van der Waals surface area contributed by atoms with Gasteiger partial charge in [-0.3, -0.25) is 0 Å². The number of rotatable bonds is 9. The summed E-state index contributed by atoms with van der Waals surface area (Å²) in [6, 6.07) is 11.8. The molecule has 1 aliphatic rings. The van der Waals surface area contributed by atoms with Crippen LogP contribution in [0.2, 0.25) is 0 Å². The van der Waals surface area contributed by atoms with E-state index in [9.17, 15) is 22.0 Å². The molecule has 0 spiro atoms. The lowest BCUT2D eigenvalue weighted by Crippen LogP contribution is -2.56. The number of benzene rings is 2. The maximum absolute atomic E-state index is 14.9. The first-order chi connectivity index (χ1) is 19.8. The van der Waals surface area contributed by atoms with Crippen LogP contribution in [-0.4, -0.2) is 88.8 Å². The van der Waals surface area contributed by atoms with Crippen LogP contribution in [0.3, 0.4) is 0 Å². The molecular weight excluding hydrogens is 564 g/mol. The van der Waals surface area contributed by atoms with Crippen LogP contribution in [0.5, 0.6) is 0 Å². The molecule has 0 radical (unpaired) electrons. The van der Waals surface area contributed by atoms with Gasteiger partial charge in [-0.05, 0) is 42.1 Å². The molecule has 0 bridgehead atoms. The molecule has 0 aliphatic carbocycles. The summed E-state index contributed by atoms with van der Waals surface area (Å²) in [6.07, 6.45) is 1.67. The Morgan fingerprint density at radius 3 is 2.33 bits per heavy atom. The molecule has 42 heavy (non-hydrogen) atoms. The van der Waals surface area contributed by atoms with E-state index in [-0.39, 0.29) is 43.6 Å². The number of piperazine rings is 1. The Morgan fingerprint density at radius 1 is 1.07 bits per heavy atom. The molecule has 2 aromatic carbocycles. The van der Waals surface area contributed by atoms with Crippen molar-refractivity contribution >= 4 is 16.1 Å². The van der Waals surface area contributed by atoms with E-state index in [2.05, 4.69) is 5.10 Å². The average molecular weight is 604 g/mol. The summed E-state index contributed by atoms with van der Waals surface area (Å²) in [5.41, 5.74) is 6.15. The zero-order valence-corrected chi connectivity index (χ0v) is 25.3. The molecule has 1 atom stereocenters. The first-order valence-electron chi connectivity index (χ1n) is 13.9. The Hall–Kier alpha value is -3.42. The van der Waals surface area contributed by atoms with Crippen LogP contribution >= 0.6 is 0 Å². The van der Waals surface area contributed by atoms with Gasteiger partial charge in [-0.1, -0.05) is 51.1 Å². The van der Waals surface area contributed by atoms with Crippen LogP contribution in [0.15, 0.2) is 48.5 Å². The minimum atomic E-state index is -3.37. The predicted octanol–water partition coefficient (Wildman–Crippen LogP) is 3.71. The third kappa shape index (κ3) is 7.31. The van der Waals surface area contributed by atoms with Gasteiger partial charge in [0.05, 0.1) is 24.4 Å². The smallest absolute Gasteiger partial charge is 0.320 e. The lowest BCUT2D eigenvalue weighted by molar-refractivity contribution is 0.0749. The molecule has 0 unspecified atom stereocenters. The van der Waals surface area contributed by atoms with Gasteiger partial charge in [0.2, 0.25) is 10.0 Å². The molecule has 0 saturated carbocycles. The topological polar surface area (TPSA) is 118 Å². The van der Waals surface area contributed by atoms with Crippen molar-refractivity contribution in [3.8, 4) is 11.4 Å². The molecular formula is C29H39F2N7O3S. The van der Waals surface area contributed by atoms with Gasteiger partial charge in [-0.25, -0.2) is 31.7 Å². The molecule has 1 saturated heterocycles. The Bertz CT molecular complexity index is 1480. The normalized spacial score (nSPS) is 15.5. The molecule has 4 rings (SSSR count). The van der Waals surface area contributed by atoms with Gasteiger partial charge in [-0.15, -0.1) is 0 Å². The van der Waals surface area contributed by atoms with Crippen molar-refractivity contribution in [3.05, 3.63) is 71.6 Å². The van der Waals surface area contributed by atoms with E-state index in [1.807, 2.05) is 51.1 Å². The summed E-state index contributed by atoms with van der Waals surface area (Å²) < 4.78 is 56.2. The molecule has 2 N–H and O–H groups in total. The van der Waals surface area contributed by atoms with E-state index >= 15 is 0 Å². The second-order valence-electron chi connectivity index (χ2n) is 11.6. The van der Waals surface area contributed by atoms with E-state index < -0.39 is 33.1 Å². The van der Waals surface area contributed by atoms with Crippen LogP contribution in [0.25, 0.3) is 11.4 Å². The van der Waals surface area contributed by atoms with E-state index in [1.165, 1.54) is 4.31 Å². The van der Waals surface area contributed by atoms with Crippen LogP contribution in [-0.2, 0) is 16.6 Å². The highest BCUT2D eigenvalue weighted by atomic mass is 32.2. The van der Waals surface area contributed by atoms with Crippen LogP contribution in [0, 0.1) is 17.0 Å². The van der Waals surface area contributed by atoms with E-state index in [4.69, 9.17) is 10.7 Å². The monoisotopic (exact) mass is 603 g/mol. The fourth-order valence-electron chi connectivity index (χ4n) is 5.20. The van der Waals surface area contributed by atoms with Gasteiger partial charge in [-0.2, -0.15) is 9.40 Å². The summed E-state index contributed by atoms with van der Waals surface area (Å²) in [5, 5.41) is 4.63. The predicted molar refractivity (Wildman–Crippen MR) is 157 cm³/mol. The Kier molecular flexibility index (Phi) is 9.63. The zero-order chi connectivity index (χ0) is 30.7. The number of hydrogen-bond acceptors (Lipinski definition) is 6. The summed E-state index contributed by atoms with van der Waals surface area (Å²) >= 11 is 0. The summed E-state index contributed by atoms with van der Waals surface area (Å²) in [7, 11) is -3.37. The van der Waals surface area contributed by atoms with Gasteiger partial charge >= 0.3 is 6.03 Å². The second kappa shape index (κ2) is 12.8. The number of carbonyl (C=O) groups excluding carboxylic acids is 1. The van der Waals surface area contributed by atoms with Gasteiger partial charge in [0, 0.05) is 32.7 Å². The largest absolute Gasteiger partial charge is 0.330 e. The zero-order valence-electron chi connectivity index (χ0n) is 24.5. The molecule has 13 heteroatoms.